The third kappa shape index (κ3) is 5.42. The lowest BCUT2D eigenvalue weighted by atomic mass is 9.94. The number of hydrogen-bond donors (Lipinski definition) is 1. The molecule has 2 heterocycles. The van der Waals surface area contributed by atoms with Crippen LogP contribution in [0.25, 0.3) is 10.7 Å². The van der Waals surface area contributed by atoms with Crippen molar-refractivity contribution in [2.24, 2.45) is 5.14 Å². The Balaban J connectivity index is 1.87. The van der Waals surface area contributed by atoms with Crippen molar-refractivity contribution in [3.8, 4) is 5.13 Å². The fourth-order valence-corrected chi connectivity index (χ4v) is 5.03. The number of benzene rings is 1. The number of thiazole rings is 1. The maximum atomic E-state index is 14.5. The minimum absolute atomic E-state index is 0.0831. The Hall–Kier alpha value is -3.29. The monoisotopic (exact) mass is 538 g/mol. The Morgan fingerprint density at radius 2 is 1.97 bits per heavy atom. The Morgan fingerprint density at radius 3 is 2.56 bits per heavy atom. The van der Waals surface area contributed by atoms with Gasteiger partial charge in [-0.25, -0.2) is 28.0 Å². The molecule has 36 heavy (non-hydrogen) atoms. The number of carbonyl (C=O) groups excluding carboxylic acids is 1. The van der Waals surface area contributed by atoms with Crippen LogP contribution in [0.5, 0.6) is 0 Å². The van der Waals surface area contributed by atoms with E-state index in [0.717, 1.165) is 16.0 Å². The molecular weight excluding hydrogens is 517 g/mol. The molecule has 0 saturated heterocycles. The van der Waals surface area contributed by atoms with Gasteiger partial charge in [0.25, 0.3) is 0 Å². The normalized spacial score (nSPS) is 14.1. The zero-order valence-electron chi connectivity index (χ0n) is 18.9. The van der Waals surface area contributed by atoms with Gasteiger partial charge in [0.15, 0.2) is 11.4 Å². The quantitative estimate of drug-likeness (QED) is 0.443. The number of carbonyl (C=O) groups is 1. The standard InChI is InChI=1S/C23H21F3N4O4S2/c1-2-34-21(31)18-13-35-22(28-18)30-20(23(24,25)26)17(19(29-30)15-6-4-3-5-7-15)12-14-8-10-16(11-9-14)36(27,32)33/h3-4,6,8-11,13H,2,5,7,12H2,1H3,(H2,27,32,33). The first-order valence-corrected chi connectivity index (χ1v) is 13.2. The van der Waals surface area contributed by atoms with Crippen LogP contribution in [0.15, 0.2) is 52.8 Å². The van der Waals surface area contributed by atoms with E-state index < -0.39 is 27.9 Å². The average molecular weight is 539 g/mol. The zero-order chi connectivity index (χ0) is 26.1. The summed E-state index contributed by atoms with van der Waals surface area (Å²) in [5.74, 6) is -0.740. The number of nitrogens with two attached hydrogens (primary N) is 1. The van der Waals surface area contributed by atoms with Gasteiger partial charge in [0, 0.05) is 17.4 Å². The lowest BCUT2D eigenvalue weighted by Gasteiger charge is -2.13. The maximum Gasteiger partial charge on any atom is 0.433 e. The van der Waals surface area contributed by atoms with Crippen molar-refractivity contribution in [3.63, 3.8) is 0 Å². The molecule has 1 aliphatic rings. The number of hydrogen-bond acceptors (Lipinski definition) is 7. The van der Waals surface area contributed by atoms with Gasteiger partial charge in [-0.3, -0.25) is 0 Å². The number of rotatable bonds is 7. The molecule has 0 saturated carbocycles. The van der Waals surface area contributed by atoms with Gasteiger partial charge in [-0.1, -0.05) is 30.4 Å². The number of allylic oxidation sites excluding steroid dienone is 4. The van der Waals surface area contributed by atoms with Crippen LogP contribution in [-0.2, 0) is 27.4 Å². The molecular formula is C23H21F3N4O4S2. The molecule has 1 aromatic carbocycles. The maximum absolute atomic E-state index is 14.5. The summed E-state index contributed by atoms with van der Waals surface area (Å²) in [5, 5.41) is 10.6. The van der Waals surface area contributed by atoms with Crippen LogP contribution < -0.4 is 5.14 Å². The summed E-state index contributed by atoms with van der Waals surface area (Å²) in [6.45, 7) is 1.71. The molecule has 0 unspecified atom stereocenters. The third-order valence-corrected chi connectivity index (χ3v) is 7.11. The van der Waals surface area contributed by atoms with Gasteiger partial charge in [-0.2, -0.15) is 18.3 Å². The molecule has 2 aromatic heterocycles. The first-order valence-electron chi connectivity index (χ1n) is 10.8. The minimum atomic E-state index is -4.80. The molecule has 0 radical (unpaired) electrons. The highest BCUT2D eigenvalue weighted by Crippen LogP contribution is 2.40. The van der Waals surface area contributed by atoms with Crippen LogP contribution in [0.1, 0.15) is 52.8 Å². The van der Waals surface area contributed by atoms with E-state index in [1.54, 1.807) is 19.1 Å². The summed E-state index contributed by atoms with van der Waals surface area (Å²) in [5.41, 5.74) is 0.0117. The van der Waals surface area contributed by atoms with Crippen LogP contribution in [0.2, 0.25) is 0 Å². The van der Waals surface area contributed by atoms with Gasteiger partial charge >= 0.3 is 12.1 Å². The topological polar surface area (TPSA) is 117 Å². The number of sulfonamides is 1. The van der Waals surface area contributed by atoms with E-state index in [1.165, 1.54) is 29.6 Å². The lowest BCUT2D eigenvalue weighted by molar-refractivity contribution is -0.143. The van der Waals surface area contributed by atoms with Crippen molar-refractivity contribution in [1.82, 2.24) is 14.8 Å². The Bertz CT molecular complexity index is 1450. The Kier molecular flexibility index (Phi) is 7.16. The van der Waals surface area contributed by atoms with E-state index in [0.29, 0.717) is 24.0 Å². The van der Waals surface area contributed by atoms with E-state index in [2.05, 4.69) is 10.1 Å². The Morgan fingerprint density at radius 1 is 1.25 bits per heavy atom. The van der Waals surface area contributed by atoms with Crippen LogP contribution in [0.3, 0.4) is 0 Å². The highest BCUT2D eigenvalue weighted by atomic mass is 32.2. The fourth-order valence-electron chi connectivity index (χ4n) is 3.77. The summed E-state index contributed by atoms with van der Waals surface area (Å²) in [6, 6.07) is 5.32. The SMILES string of the molecule is CCOC(=O)c1csc(-n2nc(C3=CC=CCC3)c(Cc3ccc(S(N)(=O)=O)cc3)c2C(F)(F)F)n1. The molecule has 0 amide bonds. The first kappa shape index (κ1) is 25.8. The summed E-state index contributed by atoms with van der Waals surface area (Å²) in [7, 11) is -3.95. The molecule has 0 bridgehead atoms. The molecule has 0 aliphatic heterocycles. The molecule has 0 spiro atoms. The highest BCUT2D eigenvalue weighted by molar-refractivity contribution is 7.89. The van der Waals surface area contributed by atoms with Crippen molar-refractivity contribution < 1.29 is 31.1 Å². The fraction of sp³-hybridized carbons (Fsp3) is 0.261. The third-order valence-electron chi connectivity index (χ3n) is 5.36. The van der Waals surface area contributed by atoms with Gasteiger partial charge in [0.1, 0.15) is 0 Å². The molecule has 13 heteroatoms. The van der Waals surface area contributed by atoms with Crippen LogP contribution in [0, 0.1) is 0 Å². The average Bonchev–Trinajstić information content (AvgIpc) is 3.45. The number of primary sulfonamides is 1. The predicted octanol–water partition coefficient (Wildman–Crippen LogP) is 4.50. The second kappa shape index (κ2) is 9.99. The van der Waals surface area contributed by atoms with Crippen molar-refractivity contribution >= 4 is 32.9 Å². The van der Waals surface area contributed by atoms with E-state index >= 15 is 0 Å². The lowest BCUT2D eigenvalue weighted by Crippen LogP contribution is -2.16. The van der Waals surface area contributed by atoms with Crippen molar-refractivity contribution in [2.75, 3.05) is 6.61 Å². The summed E-state index contributed by atoms with van der Waals surface area (Å²) < 4.78 is 72.2. The van der Waals surface area contributed by atoms with Crippen LogP contribution in [0.4, 0.5) is 13.2 Å². The van der Waals surface area contributed by atoms with Crippen molar-refractivity contribution in [2.45, 2.75) is 37.3 Å². The molecule has 190 valence electrons. The second-order valence-corrected chi connectivity index (χ2v) is 10.2. The van der Waals surface area contributed by atoms with E-state index in [-0.39, 0.29) is 40.0 Å². The molecule has 2 N–H and O–H groups in total. The largest absolute Gasteiger partial charge is 0.461 e. The smallest absolute Gasteiger partial charge is 0.433 e. The molecule has 0 atom stereocenters. The minimum Gasteiger partial charge on any atom is -0.461 e. The molecule has 4 rings (SSSR count). The number of alkyl halides is 3. The first-order chi connectivity index (χ1) is 17.0. The van der Waals surface area contributed by atoms with Gasteiger partial charge < -0.3 is 4.74 Å². The zero-order valence-corrected chi connectivity index (χ0v) is 20.6. The molecule has 8 nitrogen and oxygen atoms in total. The van der Waals surface area contributed by atoms with Crippen molar-refractivity contribution in [3.05, 3.63) is 76.1 Å². The summed E-state index contributed by atoms with van der Waals surface area (Å²) in [4.78, 5) is 15.9. The van der Waals surface area contributed by atoms with Gasteiger partial charge in [-0.15, -0.1) is 11.3 Å². The van der Waals surface area contributed by atoms with Crippen LogP contribution >= 0.6 is 11.3 Å². The van der Waals surface area contributed by atoms with E-state index in [1.807, 2.05) is 6.08 Å². The Labute approximate surface area is 209 Å². The van der Waals surface area contributed by atoms with E-state index in [9.17, 15) is 26.4 Å². The van der Waals surface area contributed by atoms with Crippen LogP contribution in [-0.4, -0.2) is 35.8 Å². The van der Waals surface area contributed by atoms with Crippen molar-refractivity contribution in [1.29, 1.82) is 0 Å². The summed E-state index contributed by atoms with van der Waals surface area (Å²) >= 11 is 0.841. The van der Waals surface area contributed by atoms with E-state index in [4.69, 9.17) is 9.88 Å². The highest BCUT2D eigenvalue weighted by Gasteiger charge is 2.41. The number of ether oxygens (including phenoxy) is 1. The number of nitrogens with zero attached hydrogens (tertiary/aromatic N) is 3. The van der Waals surface area contributed by atoms with Gasteiger partial charge in [-0.05, 0) is 43.0 Å². The number of halogens is 3. The van der Waals surface area contributed by atoms with Gasteiger partial charge in [0.05, 0.1) is 17.2 Å². The molecule has 3 aromatic rings. The van der Waals surface area contributed by atoms with Gasteiger partial charge in [0.2, 0.25) is 15.2 Å². The molecule has 0 fully saturated rings. The molecule has 1 aliphatic carbocycles. The number of esters is 1. The predicted molar refractivity (Wildman–Crippen MR) is 127 cm³/mol. The summed E-state index contributed by atoms with van der Waals surface area (Å²) in [6.07, 6.45) is 1.55. The second-order valence-electron chi connectivity index (χ2n) is 7.85. The number of aromatic nitrogens is 3.